The second-order valence-corrected chi connectivity index (χ2v) is 8.89. The van der Waals surface area contributed by atoms with Gasteiger partial charge in [-0.05, 0) is 43.9 Å². The van der Waals surface area contributed by atoms with Crippen molar-refractivity contribution in [1.29, 1.82) is 5.26 Å². The fourth-order valence-corrected chi connectivity index (χ4v) is 4.76. The Bertz CT molecular complexity index is 1110. The molecule has 8 heteroatoms. The van der Waals surface area contributed by atoms with Gasteiger partial charge in [0.25, 0.3) is 5.56 Å². The molecular formula is C24H26Cl2N2O4. The molecule has 170 valence electrons. The van der Waals surface area contributed by atoms with Crippen LogP contribution in [0.5, 0.6) is 11.6 Å². The van der Waals surface area contributed by atoms with Gasteiger partial charge in [0.1, 0.15) is 11.6 Å². The first-order valence-corrected chi connectivity index (χ1v) is 11.6. The van der Waals surface area contributed by atoms with Crippen LogP contribution in [-0.4, -0.2) is 22.1 Å². The monoisotopic (exact) mass is 476 g/mol. The first-order valence-electron chi connectivity index (χ1n) is 10.9. The van der Waals surface area contributed by atoms with Crippen LogP contribution in [0, 0.1) is 18.3 Å². The second kappa shape index (κ2) is 10.4. The van der Waals surface area contributed by atoms with Gasteiger partial charge in [-0.3, -0.25) is 14.2 Å². The van der Waals surface area contributed by atoms with Gasteiger partial charge in [0.05, 0.1) is 22.2 Å². The van der Waals surface area contributed by atoms with Crippen molar-refractivity contribution in [1.82, 2.24) is 4.57 Å². The smallest absolute Gasteiger partial charge is 0.271 e. The Morgan fingerprint density at radius 1 is 1.25 bits per heavy atom. The van der Waals surface area contributed by atoms with Gasteiger partial charge in [0.15, 0.2) is 11.5 Å². The van der Waals surface area contributed by atoms with E-state index >= 15 is 0 Å². The van der Waals surface area contributed by atoms with Crippen molar-refractivity contribution in [3.05, 3.63) is 54.8 Å². The number of hydrogen-bond donors (Lipinski definition) is 1. The number of ether oxygens (including phenoxy) is 1. The normalized spacial score (nSPS) is 14.2. The summed E-state index contributed by atoms with van der Waals surface area (Å²) >= 11 is 12.7. The zero-order valence-electron chi connectivity index (χ0n) is 18.2. The highest BCUT2D eigenvalue weighted by Gasteiger charge is 2.29. The summed E-state index contributed by atoms with van der Waals surface area (Å²) in [5.74, 6) is -0.687. The van der Waals surface area contributed by atoms with Crippen LogP contribution in [-0.2, 0) is 0 Å². The van der Waals surface area contributed by atoms with E-state index in [2.05, 4.69) is 0 Å². The lowest BCUT2D eigenvalue weighted by atomic mass is 9.93. The number of aromatic hydroxyl groups is 1. The molecule has 0 amide bonds. The van der Waals surface area contributed by atoms with Gasteiger partial charge in [-0.1, -0.05) is 55.8 Å². The van der Waals surface area contributed by atoms with E-state index in [1.807, 2.05) is 13.0 Å². The zero-order chi connectivity index (χ0) is 23.4. The molecule has 0 spiro atoms. The van der Waals surface area contributed by atoms with Crippen LogP contribution >= 0.6 is 23.2 Å². The van der Waals surface area contributed by atoms with Crippen LogP contribution in [0.3, 0.4) is 0 Å². The minimum absolute atomic E-state index is 0.0847. The predicted octanol–water partition coefficient (Wildman–Crippen LogP) is 5.96. The number of unbranched alkanes of at least 4 members (excludes halogenated alkanes) is 1. The average molecular weight is 477 g/mol. The first kappa shape index (κ1) is 24.2. The van der Waals surface area contributed by atoms with Crippen LogP contribution in [0.4, 0.5) is 0 Å². The van der Waals surface area contributed by atoms with Crippen molar-refractivity contribution in [3.8, 4) is 17.7 Å². The summed E-state index contributed by atoms with van der Waals surface area (Å²) in [5, 5.41) is 21.0. The van der Waals surface area contributed by atoms with Gasteiger partial charge in [-0.15, -0.1) is 0 Å². The minimum Gasteiger partial charge on any atom is -0.494 e. The lowest BCUT2D eigenvalue weighted by molar-refractivity contribution is 0.103. The molecule has 1 saturated carbocycles. The maximum absolute atomic E-state index is 13.4. The molecule has 0 aliphatic heterocycles. The van der Waals surface area contributed by atoms with E-state index in [4.69, 9.17) is 27.9 Å². The Labute approximate surface area is 197 Å². The van der Waals surface area contributed by atoms with Crippen molar-refractivity contribution in [3.63, 3.8) is 0 Å². The summed E-state index contributed by atoms with van der Waals surface area (Å²) in [5.41, 5.74) is -0.518. The van der Waals surface area contributed by atoms with Gasteiger partial charge in [-0.25, -0.2) is 0 Å². The molecule has 0 atom stereocenters. The topological polar surface area (TPSA) is 92.3 Å². The molecule has 1 fully saturated rings. The Morgan fingerprint density at radius 3 is 2.44 bits per heavy atom. The molecular weight excluding hydrogens is 451 g/mol. The van der Waals surface area contributed by atoms with Gasteiger partial charge in [-0.2, -0.15) is 5.26 Å². The van der Waals surface area contributed by atoms with Gasteiger partial charge >= 0.3 is 0 Å². The lowest BCUT2D eigenvalue weighted by Gasteiger charge is -2.26. The fraction of sp³-hybridized carbons (Fsp3) is 0.458. The standard InChI is InChI=1S/C24H26Cl2N2O4/c1-3-4-10-32-22-18(25)11-15(12-19(22)26)21(29)20-14(2)17(13-27)23(30)28(24(20)31)16-8-6-5-7-9-16/h11-12,16,31H,3-10H2,1-2H3. The Hall–Kier alpha value is -2.49. The molecule has 1 aliphatic rings. The number of halogens is 2. The van der Waals surface area contributed by atoms with Crippen LogP contribution in [0.1, 0.15) is 85.0 Å². The second-order valence-electron chi connectivity index (χ2n) is 8.08. The highest BCUT2D eigenvalue weighted by molar-refractivity contribution is 6.38. The number of carbonyl (C=O) groups excluding carboxylic acids is 1. The third-order valence-electron chi connectivity index (χ3n) is 5.92. The zero-order valence-corrected chi connectivity index (χ0v) is 19.7. The molecule has 0 unspecified atom stereocenters. The number of benzene rings is 1. The van der Waals surface area contributed by atoms with Crippen LogP contribution < -0.4 is 10.3 Å². The van der Waals surface area contributed by atoms with E-state index in [0.29, 0.717) is 25.2 Å². The summed E-state index contributed by atoms with van der Waals surface area (Å²) in [4.78, 5) is 26.4. The van der Waals surface area contributed by atoms with Crippen molar-refractivity contribution < 1.29 is 14.6 Å². The van der Waals surface area contributed by atoms with Gasteiger partial charge in [0, 0.05) is 11.6 Å². The van der Waals surface area contributed by atoms with Gasteiger partial charge < -0.3 is 9.84 Å². The molecule has 0 bridgehead atoms. The van der Waals surface area contributed by atoms with E-state index in [0.717, 1.165) is 32.1 Å². The maximum atomic E-state index is 13.4. The molecule has 6 nitrogen and oxygen atoms in total. The van der Waals surface area contributed by atoms with E-state index in [-0.39, 0.29) is 38.3 Å². The highest BCUT2D eigenvalue weighted by atomic mass is 35.5. The molecule has 0 saturated heterocycles. The first-order chi connectivity index (χ1) is 15.3. The quantitative estimate of drug-likeness (QED) is 0.393. The lowest BCUT2D eigenvalue weighted by Crippen LogP contribution is -2.31. The van der Waals surface area contributed by atoms with E-state index in [1.165, 1.54) is 23.6 Å². The average Bonchev–Trinajstić information content (AvgIpc) is 2.76. The molecule has 1 aliphatic carbocycles. The predicted molar refractivity (Wildman–Crippen MR) is 124 cm³/mol. The number of carbonyl (C=O) groups is 1. The molecule has 32 heavy (non-hydrogen) atoms. The fourth-order valence-electron chi connectivity index (χ4n) is 4.16. The largest absolute Gasteiger partial charge is 0.494 e. The molecule has 3 rings (SSSR count). The van der Waals surface area contributed by atoms with Crippen molar-refractivity contribution in [2.45, 2.75) is 64.8 Å². The number of ketones is 1. The van der Waals surface area contributed by atoms with Crippen molar-refractivity contribution >= 4 is 29.0 Å². The number of aromatic nitrogens is 1. The van der Waals surface area contributed by atoms with Crippen LogP contribution in [0.15, 0.2) is 16.9 Å². The van der Waals surface area contributed by atoms with Gasteiger partial charge in [0.2, 0.25) is 5.88 Å². The summed E-state index contributed by atoms with van der Waals surface area (Å²) in [7, 11) is 0. The highest BCUT2D eigenvalue weighted by Crippen LogP contribution is 2.37. The number of pyridine rings is 1. The third-order valence-corrected chi connectivity index (χ3v) is 6.48. The van der Waals surface area contributed by atoms with Crippen LogP contribution in [0.25, 0.3) is 0 Å². The summed E-state index contributed by atoms with van der Waals surface area (Å²) in [6.45, 7) is 3.97. The number of nitriles is 1. The number of rotatable bonds is 7. The maximum Gasteiger partial charge on any atom is 0.271 e. The molecule has 0 radical (unpaired) electrons. The summed E-state index contributed by atoms with van der Waals surface area (Å²) < 4.78 is 6.85. The third kappa shape index (κ3) is 4.65. The minimum atomic E-state index is -0.568. The molecule has 1 heterocycles. The van der Waals surface area contributed by atoms with Crippen molar-refractivity contribution in [2.75, 3.05) is 6.61 Å². The van der Waals surface area contributed by atoms with Crippen molar-refractivity contribution in [2.24, 2.45) is 0 Å². The number of nitrogens with zero attached hydrogens (tertiary/aromatic N) is 2. The van der Waals surface area contributed by atoms with E-state index in [9.17, 15) is 20.0 Å². The summed E-state index contributed by atoms with van der Waals surface area (Å²) in [6, 6.07) is 4.51. The Morgan fingerprint density at radius 2 is 1.88 bits per heavy atom. The SMILES string of the molecule is CCCCOc1c(Cl)cc(C(=O)c2c(C)c(C#N)c(=O)n(C3CCCCC3)c2O)cc1Cl. The molecule has 1 aromatic heterocycles. The van der Waals surface area contributed by atoms with E-state index < -0.39 is 17.2 Å². The Kier molecular flexibility index (Phi) is 7.86. The Balaban J connectivity index is 2.10. The summed E-state index contributed by atoms with van der Waals surface area (Å²) in [6.07, 6.45) is 6.08. The molecule has 1 aromatic carbocycles. The molecule has 1 N–H and O–H groups in total. The van der Waals surface area contributed by atoms with E-state index in [1.54, 1.807) is 0 Å². The molecule has 2 aromatic rings. The number of hydrogen-bond acceptors (Lipinski definition) is 5. The van der Waals surface area contributed by atoms with Crippen LogP contribution in [0.2, 0.25) is 10.0 Å².